The molecule has 3 heterocycles. The van der Waals surface area contributed by atoms with Crippen LogP contribution >= 0.6 is 23.1 Å². The first kappa shape index (κ1) is 22.0. The zero-order valence-corrected chi connectivity index (χ0v) is 20.1. The lowest BCUT2D eigenvalue weighted by atomic mass is 9.68. The minimum absolute atomic E-state index is 0.000288. The maximum atomic E-state index is 13.7. The van der Waals surface area contributed by atoms with Gasteiger partial charge in [-0.1, -0.05) is 37.3 Å². The van der Waals surface area contributed by atoms with Gasteiger partial charge in [0.2, 0.25) is 11.8 Å². The molecule has 0 radical (unpaired) electrons. The Morgan fingerprint density at radius 2 is 1.76 bits per heavy atom. The zero-order chi connectivity index (χ0) is 24.0. The van der Waals surface area contributed by atoms with E-state index >= 15 is 0 Å². The normalized spacial score (nSPS) is 34.4. The van der Waals surface area contributed by atoms with Gasteiger partial charge in [0.1, 0.15) is 11.9 Å². The Morgan fingerprint density at radius 3 is 2.38 bits per heavy atom. The third-order valence-corrected chi connectivity index (χ3v) is 10.7. The lowest BCUT2D eigenvalue weighted by Crippen LogP contribution is -2.49. The second-order valence-electron chi connectivity index (χ2n) is 10.1. The largest absolute Gasteiger partial charge is 0.480 e. The van der Waals surface area contributed by atoms with Gasteiger partial charge < -0.3 is 10.1 Å². The van der Waals surface area contributed by atoms with E-state index in [4.69, 9.17) is 0 Å². The van der Waals surface area contributed by atoms with Crippen molar-refractivity contribution in [3.63, 3.8) is 0 Å². The van der Waals surface area contributed by atoms with Crippen molar-refractivity contribution < 1.29 is 23.9 Å². The number of hydrogen-bond acceptors (Lipinski definition) is 6. The van der Waals surface area contributed by atoms with Crippen molar-refractivity contribution >= 4 is 40.9 Å². The van der Waals surface area contributed by atoms with Crippen LogP contribution in [0.4, 0.5) is 4.39 Å². The van der Waals surface area contributed by atoms with E-state index in [0.29, 0.717) is 0 Å². The van der Waals surface area contributed by atoms with Crippen LogP contribution in [0.1, 0.15) is 36.6 Å². The highest BCUT2D eigenvalue weighted by Gasteiger charge is 2.70. The minimum atomic E-state index is -1.18. The first-order chi connectivity index (χ1) is 16.2. The predicted molar refractivity (Wildman–Crippen MR) is 123 cm³/mol. The molecule has 2 N–H and O–H groups in total. The summed E-state index contributed by atoms with van der Waals surface area (Å²) in [4.78, 5) is 56.0. The fraction of sp³-hybridized carbons (Fsp3) is 0.500. The zero-order valence-electron chi connectivity index (χ0n) is 18.4. The number of rotatable bonds is 4. The van der Waals surface area contributed by atoms with Gasteiger partial charge >= 0.3 is 10.8 Å². The van der Waals surface area contributed by atoms with Crippen molar-refractivity contribution in [2.75, 3.05) is 0 Å². The van der Waals surface area contributed by atoms with Crippen LogP contribution < -0.4 is 4.87 Å². The van der Waals surface area contributed by atoms with Gasteiger partial charge in [-0.3, -0.25) is 19.3 Å². The predicted octanol–water partition coefficient (Wildman–Crippen LogP) is 3.16. The van der Waals surface area contributed by atoms with Gasteiger partial charge in [0.25, 0.3) is 0 Å². The van der Waals surface area contributed by atoms with Gasteiger partial charge in [0.05, 0.1) is 16.9 Å². The van der Waals surface area contributed by atoms with Crippen LogP contribution in [0.15, 0.2) is 34.1 Å². The summed E-state index contributed by atoms with van der Waals surface area (Å²) < 4.78 is 13.7. The smallest absolute Gasteiger partial charge is 0.327 e. The molecule has 2 aromatic rings. The minimum Gasteiger partial charge on any atom is -0.480 e. The Balaban J connectivity index is 1.44. The molecule has 34 heavy (non-hydrogen) atoms. The third kappa shape index (κ3) is 2.87. The highest BCUT2D eigenvalue weighted by atomic mass is 32.2. The van der Waals surface area contributed by atoms with Gasteiger partial charge in [-0.2, -0.15) is 0 Å². The number of halogens is 1. The van der Waals surface area contributed by atoms with Crippen molar-refractivity contribution in [1.82, 2.24) is 9.88 Å². The Kier molecular flexibility index (Phi) is 4.87. The van der Waals surface area contributed by atoms with Crippen molar-refractivity contribution in [2.24, 2.45) is 35.5 Å². The van der Waals surface area contributed by atoms with Crippen LogP contribution in [0.25, 0.3) is 0 Å². The topological polar surface area (TPSA) is 108 Å². The number of imide groups is 1. The molecule has 2 aliphatic carbocycles. The van der Waals surface area contributed by atoms with E-state index in [0.717, 1.165) is 38.1 Å². The van der Waals surface area contributed by atoms with E-state index in [2.05, 4.69) is 4.98 Å². The molecule has 10 heteroatoms. The van der Waals surface area contributed by atoms with E-state index in [1.54, 1.807) is 37.7 Å². The summed E-state index contributed by atoms with van der Waals surface area (Å²) in [6.07, 6.45) is 0.721. The molecular formula is C24H23FN2O5S2. The standard InChI is InChI=1S/C24H23FN2O5S2/c1-8(2)17(23(30)31)27-21(28)15-11-7-12(16(15)22(27)29)18-14(11)13(9-3-5-10(25)6-4-9)19-20(33-18)26-24(32)34-19/h3-6,8,11-18H,7H2,1-2H3,(H,26,32)(H,30,31)/t11-,12+,13+,14+,15-,16+,17+,18-/m1/s1. The van der Waals surface area contributed by atoms with Crippen molar-refractivity contribution in [1.29, 1.82) is 0 Å². The monoisotopic (exact) mass is 502 g/mol. The number of nitrogens with zero attached hydrogens (tertiary/aromatic N) is 1. The molecule has 8 atom stereocenters. The first-order valence-electron chi connectivity index (χ1n) is 11.4. The number of aromatic amines is 1. The molecule has 2 saturated carbocycles. The number of nitrogens with one attached hydrogen (secondary N) is 1. The number of carbonyl (C=O) groups excluding carboxylic acids is 2. The lowest BCUT2D eigenvalue weighted by molar-refractivity contribution is -0.157. The maximum absolute atomic E-state index is 13.7. The molecule has 4 aliphatic rings. The van der Waals surface area contributed by atoms with E-state index in [1.165, 1.54) is 12.1 Å². The van der Waals surface area contributed by atoms with Crippen molar-refractivity contribution in [3.8, 4) is 0 Å². The van der Waals surface area contributed by atoms with Crippen LogP contribution in [0.5, 0.6) is 0 Å². The average molecular weight is 503 g/mol. The van der Waals surface area contributed by atoms with E-state index < -0.39 is 29.8 Å². The van der Waals surface area contributed by atoms with Gasteiger partial charge in [0, 0.05) is 16.0 Å². The molecule has 0 spiro atoms. The van der Waals surface area contributed by atoms with Crippen LogP contribution in [-0.4, -0.2) is 44.1 Å². The molecule has 2 bridgehead atoms. The van der Waals surface area contributed by atoms with E-state index in [1.807, 2.05) is 0 Å². The van der Waals surface area contributed by atoms with Crippen molar-refractivity contribution in [2.45, 2.75) is 42.5 Å². The number of carbonyl (C=O) groups is 3. The summed E-state index contributed by atoms with van der Waals surface area (Å²) in [6, 6.07) is 5.10. The summed E-state index contributed by atoms with van der Waals surface area (Å²) in [6.45, 7) is 3.41. The van der Waals surface area contributed by atoms with Crippen LogP contribution in [0, 0.1) is 41.3 Å². The SMILES string of the molecule is CC(C)[C@@H](C(=O)O)N1C(=O)[C@@H]2[C@@H]3C[C@H]([C@H]4Sc5[nH]c(=O)sc5[C@@H](c5ccc(F)cc5)[C@H]34)[C@@H]2C1=O. The molecule has 0 unspecified atom stereocenters. The number of thioether (sulfide) groups is 1. The van der Waals surface area contributed by atoms with Gasteiger partial charge in [0.15, 0.2) is 0 Å². The summed E-state index contributed by atoms with van der Waals surface area (Å²) in [5, 5.41) is 10.6. The number of fused-ring (bicyclic) bond motifs is 9. The number of carboxylic acid groups (broad SMARTS) is 1. The van der Waals surface area contributed by atoms with Crippen molar-refractivity contribution in [3.05, 3.63) is 50.2 Å². The maximum Gasteiger partial charge on any atom is 0.327 e. The number of aromatic nitrogens is 1. The number of carboxylic acids is 1. The Hall–Kier alpha value is -2.46. The molecule has 2 aliphatic heterocycles. The summed E-state index contributed by atoms with van der Waals surface area (Å²) in [5.41, 5.74) is 0.886. The molecule has 3 fully saturated rings. The van der Waals surface area contributed by atoms with E-state index in [-0.39, 0.29) is 51.4 Å². The lowest BCUT2D eigenvalue weighted by Gasteiger charge is -2.43. The number of likely N-dealkylation sites (tertiary alicyclic amines) is 1. The van der Waals surface area contributed by atoms with Gasteiger partial charge in [-0.05, 0) is 47.8 Å². The second-order valence-corrected chi connectivity index (χ2v) is 12.3. The summed E-state index contributed by atoms with van der Waals surface area (Å²) in [5.74, 6) is -4.08. The molecule has 1 saturated heterocycles. The number of H-pyrrole nitrogens is 1. The molecular weight excluding hydrogens is 479 g/mol. The highest BCUT2D eigenvalue weighted by molar-refractivity contribution is 8.00. The van der Waals surface area contributed by atoms with Crippen LogP contribution in [0.3, 0.4) is 0 Å². The van der Waals surface area contributed by atoms with Gasteiger partial charge in [-0.25, -0.2) is 9.18 Å². The van der Waals surface area contributed by atoms with Crippen LogP contribution in [0.2, 0.25) is 0 Å². The number of benzene rings is 1. The number of amides is 2. The quantitative estimate of drug-likeness (QED) is 0.622. The molecule has 6 rings (SSSR count). The molecule has 1 aromatic carbocycles. The second kappa shape index (κ2) is 7.52. The fourth-order valence-electron chi connectivity index (χ4n) is 7.05. The summed E-state index contributed by atoms with van der Waals surface area (Å²) in [7, 11) is 0. The van der Waals surface area contributed by atoms with Crippen LogP contribution in [-0.2, 0) is 14.4 Å². The fourth-order valence-corrected chi connectivity index (χ4v) is 9.94. The molecule has 7 nitrogen and oxygen atoms in total. The highest BCUT2D eigenvalue weighted by Crippen LogP contribution is 2.68. The average Bonchev–Trinajstić information content (AvgIpc) is 3.49. The van der Waals surface area contributed by atoms with E-state index in [9.17, 15) is 28.7 Å². The van der Waals surface area contributed by atoms with Gasteiger partial charge in [-0.15, -0.1) is 11.8 Å². The summed E-state index contributed by atoms with van der Waals surface area (Å²) >= 11 is 2.72. The Labute approximate surface area is 202 Å². The first-order valence-corrected chi connectivity index (χ1v) is 13.1. The number of aliphatic carboxylic acids is 1. The Morgan fingerprint density at radius 1 is 1.12 bits per heavy atom. The Bertz CT molecular complexity index is 1270. The molecule has 178 valence electrons. The molecule has 2 amide bonds. The third-order valence-electron chi connectivity index (χ3n) is 8.15. The number of hydrogen-bond donors (Lipinski definition) is 2. The molecule has 1 aromatic heterocycles. The number of thiazole rings is 1.